The van der Waals surface area contributed by atoms with E-state index in [0.717, 1.165) is 87.5 Å². The highest BCUT2D eigenvalue weighted by Gasteiger charge is 2.53. The summed E-state index contributed by atoms with van der Waals surface area (Å²) < 4.78 is 0. The molecule has 69 heavy (non-hydrogen) atoms. The zero-order chi connectivity index (χ0) is 47.4. The maximum atomic E-state index is 13.8. The van der Waals surface area contributed by atoms with Gasteiger partial charge in [0.1, 0.15) is 12.3 Å². The van der Waals surface area contributed by atoms with Crippen LogP contribution in [0.5, 0.6) is 0 Å². The Labute approximate surface area is 405 Å². The lowest BCUT2D eigenvalue weighted by atomic mass is 9.71. The third kappa shape index (κ3) is 9.19. The number of anilines is 3. The van der Waals surface area contributed by atoms with E-state index in [0.29, 0.717) is 42.0 Å². The summed E-state index contributed by atoms with van der Waals surface area (Å²) >= 11 is 0. The standard InChI is InChI=1S/C52H71N11O6/c1-51(69)19-3-2-4-24-61-47(66)40-33-53-50(57-45(40)63(61)43-7-5-6-42(51)55-43)54-35-8-10-36(11-9-35)60-30-22-52(23-31-60)20-28-58(29-21-52)25-16-34-17-26-59(27-18-34)37-12-13-38-39(32-37)49(68)62(48(38)67)41-14-15-44(64)56-46(41)65/h2,4,8-13,32,34,40-43,45,50,53-55,57,69H,3,5-7,14-31,33H2,1H3,(H,56,64,65)/b4-2-/t40?,41?,42?,43?,45?,50?,51-/m1/s1. The Hall–Kier alpha value is -4.91. The number of fused-ring (bicyclic) bond motifs is 7. The summed E-state index contributed by atoms with van der Waals surface area (Å²) in [6, 6.07) is 13.3. The molecule has 0 aliphatic carbocycles. The minimum Gasteiger partial charge on any atom is -0.389 e. The van der Waals surface area contributed by atoms with Gasteiger partial charge in [0.25, 0.3) is 11.8 Å². The topological polar surface area (TPSA) is 185 Å². The third-order valence-electron chi connectivity index (χ3n) is 17.6. The SMILES string of the molecule is C[C@@]1(O)CC/C=C\CN2C(=O)C3CNC(Nc4ccc(N5CCC6(CCN(CCC7CCN(c8ccc9c(c8)C(=O)N(C8CCC(=O)NC8=O)C9=O)CC7)CC6)CC5)cc4)NC3N2C2CCCC1N2. The van der Waals surface area contributed by atoms with E-state index in [9.17, 15) is 29.1 Å². The summed E-state index contributed by atoms with van der Waals surface area (Å²) in [4.78, 5) is 73.2. The van der Waals surface area contributed by atoms with Gasteiger partial charge < -0.3 is 25.1 Å². The van der Waals surface area contributed by atoms with Crippen molar-refractivity contribution < 1.29 is 29.1 Å². The van der Waals surface area contributed by atoms with Gasteiger partial charge in [-0.3, -0.25) is 55.1 Å². The molecule has 9 aliphatic heterocycles. The number of hydrogen-bond donors (Lipinski definition) is 6. The molecule has 9 aliphatic rings. The van der Waals surface area contributed by atoms with Crippen molar-refractivity contribution in [3.8, 4) is 0 Å². The lowest BCUT2D eigenvalue weighted by Gasteiger charge is -2.47. The molecule has 11 rings (SSSR count). The molecule has 9 heterocycles. The number of piperidine rings is 5. The average molecular weight is 946 g/mol. The molecule has 0 radical (unpaired) electrons. The average Bonchev–Trinajstić information content (AvgIpc) is 3.77. The van der Waals surface area contributed by atoms with Crippen LogP contribution < -0.4 is 36.4 Å². The van der Waals surface area contributed by atoms with Crippen molar-refractivity contribution in [2.45, 2.75) is 133 Å². The Morgan fingerprint density at radius 3 is 2.26 bits per heavy atom. The number of nitrogens with one attached hydrogen (secondary N) is 5. The first-order valence-electron chi connectivity index (χ1n) is 26.1. The second-order valence-electron chi connectivity index (χ2n) is 21.8. The molecule has 7 fully saturated rings. The number of hydrazine groups is 1. The van der Waals surface area contributed by atoms with Crippen molar-refractivity contribution in [3.63, 3.8) is 0 Å². The molecule has 2 aromatic rings. The molecule has 7 saturated heterocycles. The molecule has 0 saturated carbocycles. The molecule has 2 aromatic carbocycles. The fourth-order valence-electron chi connectivity index (χ4n) is 13.2. The summed E-state index contributed by atoms with van der Waals surface area (Å²) in [5, 5.41) is 32.5. The molecule has 2 bridgehead atoms. The number of hydrogen-bond acceptors (Lipinski definition) is 14. The van der Waals surface area contributed by atoms with Crippen LogP contribution in [-0.4, -0.2) is 150 Å². The zero-order valence-corrected chi connectivity index (χ0v) is 40.2. The Bertz CT molecular complexity index is 2320. The second-order valence-corrected chi connectivity index (χ2v) is 21.8. The van der Waals surface area contributed by atoms with Crippen LogP contribution >= 0.6 is 0 Å². The van der Waals surface area contributed by atoms with Crippen molar-refractivity contribution >= 4 is 46.6 Å². The monoisotopic (exact) mass is 946 g/mol. The maximum absolute atomic E-state index is 13.8. The van der Waals surface area contributed by atoms with Crippen LogP contribution in [0.4, 0.5) is 17.1 Å². The van der Waals surface area contributed by atoms with Gasteiger partial charge in [0, 0.05) is 62.2 Å². The Morgan fingerprint density at radius 2 is 1.49 bits per heavy atom. The second kappa shape index (κ2) is 19.0. The van der Waals surface area contributed by atoms with Gasteiger partial charge in [0.05, 0.1) is 41.5 Å². The number of rotatable bonds is 8. The molecule has 17 nitrogen and oxygen atoms in total. The number of allylic oxidation sites excluding steroid dienone is 1. The first-order chi connectivity index (χ1) is 33.4. The van der Waals surface area contributed by atoms with E-state index in [1.165, 1.54) is 50.9 Å². The fourth-order valence-corrected chi connectivity index (χ4v) is 13.2. The molecule has 6 unspecified atom stereocenters. The minimum atomic E-state index is -0.955. The van der Waals surface area contributed by atoms with Gasteiger partial charge in [-0.25, -0.2) is 0 Å². The van der Waals surface area contributed by atoms with Gasteiger partial charge in [-0.2, -0.15) is 5.01 Å². The van der Waals surface area contributed by atoms with Crippen LogP contribution in [0.25, 0.3) is 0 Å². The lowest BCUT2D eigenvalue weighted by molar-refractivity contribution is -0.146. The third-order valence-corrected chi connectivity index (χ3v) is 17.6. The quantitative estimate of drug-likeness (QED) is 0.167. The smallest absolute Gasteiger partial charge is 0.262 e. The molecular formula is C52H71N11O6. The summed E-state index contributed by atoms with van der Waals surface area (Å²) in [6.45, 7) is 10.5. The molecule has 0 aromatic heterocycles. The number of likely N-dealkylation sites (tertiary alicyclic amines) is 1. The van der Waals surface area contributed by atoms with E-state index in [1.54, 1.807) is 6.07 Å². The number of aliphatic hydroxyl groups is 1. The highest BCUT2D eigenvalue weighted by atomic mass is 16.3. The van der Waals surface area contributed by atoms with Crippen molar-refractivity contribution in [1.82, 2.24) is 41.1 Å². The van der Waals surface area contributed by atoms with Gasteiger partial charge in [0.2, 0.25) is 17.7 Å². The van der Waals surface area contributed by atoms with Crippen molar-refractivity contribution in [3.05, 3.63) is 65.7 Å². The van der Waals surface area contributed by atoms with Gasteiger partial charge in [-0.05, 0) is 164 Å². The minimum absolute atomic E-state index is 0.0192. The number of carbonyl (C=O) groups is 5. The van der Waals surface area contributed by atoms with E-state index in [-0.39, 0.29) is 55.2 Å². The Balaban J connectivity index is 0.615. The predicted octanol–water partition coefficient (Wildman–Crippen LogP) is 3.54. The molecule has 7 atom stereocenters. The number of imide groups is 2. The van der Waals surface area contributed by atoms with Crippen LogP contribution in [0.1, 0.15) is 118 Å². The normalized spacial score (nSPS) is 32.9. The summed E-state index contributed by atoms with van der Waals surface area (Å²) in [7, 11) is 0. The Kier molecular flexibility index (Phi) is 12.8. The van der Waals surface area contributed by atoms with Crippen LogP contribution in [0.3, 0.4) is 0 Å². The molecule has 6 N–H and O–H groups in total. The number of benzene rings is 2. The van der Waals surface area contributed by atoms with Gasteiger partial charge >= 0.3 is 0 Å². The lowest BCUT2D eigenvalue weighted by Crippen LogP contribution is -2.69. The largest absolute Gasteiger partial charge is 0.389 e. The van der Waals surface area contributed by atoms with Crippen molar-refractivity contribution in [1.29, 1.82) is 0 Å². The fraction of sp³-hybridized carbons (Fsp3) is 0.635. The van der Waals surface area contributed by atoms with Crippen LogP contribution in [0.2, 0.25) is 0 Å². The molecule has 17 heteroatoms. The van der Waals surface area contributed by atoms with E-state index >= 15 is 0 Å². The maximum Gasteiger partial charge on any atom is 0.262 e. The molecular weight excluding hydrogens is 875 g/mol. The summed E-state index contributed by atoms with van der Waals surface area (Å²) in [6.07, 6.45) is 16.8. The Morgan fingerprint density at radius 1 is 0.768 bits per heavy atom. The highest BCUT2D eigenvalue weighted by Crippen LogP contribution is 2.43. The van der Waals surface area contributed by atoms with Crippen LogP contribution in [-0.2, 0) is 14.4 Å². The molecule has 370 valence electrons. The first-order valence-corrected chi connectivity index (χ1v) is 26.1. The van der Waals surface area contributed by atoms with E-state index in [2.05, 4.69) is 82.7 Å². The number of carbonyl (C=O) groups excluding carboxylic acids is 5. The molecule has 1 spiro atoms. The first kappa shape index (κ1) is 46.5. The van der Waals surface area contributed by atoms with Gasteiger partial charge in [0.15, 0.2) is 0 Å². The predicted molar refractivity (Wildman–Crippen MR) is 262 cm³/mol. The van der Waals surface area contributed by atoms with Crippen LogP contribution in [0, 0.1) is 17.3 Å². The number of nitrogens with zero attached hydrogens (tertiary/aromatic N) is 6. The van der Waals surface area contributed by atoms with E-state index in [4.69, 9.17) is 0 Å². The van der Waals surface area contributed by atoms with Gasteiger partial charge in [-0.15, -0.1) is 0 Å². The van der Waals surface area contributed by atoms with Crippen molar-refractivity contribution in [2.75, 3.05) is 74.0 Å². The summed E-state index contributed by atoms with van der Waals surface area (Å²) in [5.74, 6) is -1.29. The van der Waals surface area contributed by atoms with Crippen molar-refractivity contribution in [2.24, 2.45) is 17.3 Å². The summed E-state index contributed by atoms with van der Waals surface area (Å²) in [5.41, 5.74) is 3.51. The zero-order valence-electron chi connectivity index (χ0n) is 40.2. The van der Waals surface area contributed by atoms with Crippen LogP contribution in [0.15, 0.2) is 54.6 Å². The van der Waals surface area contributed by atoms with Gasteiger partial charge in [-0.1, -0.05) is 12.2 Å². The van der Waals surface area contributed by atoms with E-state index < -0.39 is 29.4 Å². The highest BCUT2D eigenvalue weighted by molar-refractivity contribution is 6.23. The van der Waals surface area contributed by atoms with E-state index in [1.807, 2.05) is 24.1 Å². The number of amides is 5. The molecule has 5 amide bonds.